The summed E-state index contributed by atoms with van der Waals surface area (Å²) < 4.78 is 0. The minimum atomic E-state index is 0.255. The van der Waals surface area contributed by atoms with Gasteiger partial charge in [-0.3, -0.25) is 0 Å². The molecule has 0 fully saturated rings. The number of H-pyrrole nitrogens is 1. The van der Waals surface area contributed by atoms with Crippen molar-refractivity contribution in [3.63, 3.8) is 0 Å². The largest absolute Gasteiger partial charge is 0.333 e. The molecule has 84 valence electrons. The third kappa shape index (κ3) is 2.85. The molecule has 3 nitrogen and oxygen atoms in total. The predicted octanol–water partition coefficient (Wildman–Crippen LogP) is 3.02. The molecule has 0 saturated heterocycles. The van der Waals surface area contributed by atoms with Gasteiger partial charge in [0, 0.05) is 12.2 Å². The predicted molar refractivity (Wildman–Crippen MR) is 66.7 cm³/mol. The normalized spacial score (nSPS) is 10.8. The van der Waals surface area contributed by atoms with Crippen molar-refractivity contribution >= 4 is 28.6 Å². The second-order valence-corrected chi connectivity index (χ2v) is 4.80. The zero-order valence-corrected chi connectivity index (χ0v) is 10.0. The smallest absolute Gasteiger partial charge is 0.166 e. The van der Waals surface area contributed by atoms with Crippen LogP contribution >= 0.6 is 11.8 Å². The maximum absolute atomic E-state index is 10.8. The number of nitrogens with one attached hydrogen (secondary N) is 1. The van der Waals surface area contributed by atoms with Gasteiger partial charge < -0.3 is 9.78 Å². The van der Waals surface area contributed by atoms with Gasteiger partial charge in [-0.05, 0) is 25.5 Å². The van der Waals surface area contributed by atoms with Gasteiger partial charge in [-0.1, -0.05) is 23.9 Å². The number of nitrogens with zero attached hydrogens (tertiary/aromatic N) is 1. The Balaban J connectivity index is 1.92. The molecule has 0 radical (unpaired) electrons. The van der Waals surface area contributed by atoms with Crippen molar-refractivity contribution in [2.45, 2.75) is 24.9 Å². The van der Waals surface area contributed by atoms with Crippen molar-refractivity contribution < 1.29 is 4.79 Å². The topological polar surface area (TPSA) is 45.8 Å². The van der Waals surface area contributed by atoms with Gasteiger partial charge in [-0.25, -0.2) is 4.98 Å². The number of carbonyl (C=O) groups excluding carboxylic acids is 1. The van der Waals surface area contributed by atoms with Crippen LogP contribution in [-0.4, -0.2) is 21.5 Å². The Hall–Kier alpha value is -1.29. The lowest BCUT2D eigenvalue weighted by Crippen LogP contribution is -1.91. The number of para-hydroxylation sites is 2. The highest BCUT2D eigenvalue weighted by atomic mass is 32.2. The molecule has 0 bridgehead atoms. The summed E-state index contributed by atoms with van der Waals surface area (Å²) in [7, 11) is 0. The SMILES string of the molecule is CC(=O)CCCSc1nc2ccccc2[nH]1. The Morgan fingerprint density at radius 2 is 2.25 bits per heavy atom. The number of hydrogen-bond acceptors (Lipinski definition) is 3. The Bertz CT molecular complexity index is 459. The molecule has 0 spiro atoms. The zero-order valence-electron chi connectivity index (χ0n) is 9.19. The van der Waals surface area contributed by atoms with Crippen LogP contribution in [0.2, 0.25) is 0 Å². The fourth-order valence-corrected chi connectivity index (χ4v) is 2.31. The van der Waals surface area contributed by atoms with Crippen molar-refractivity contribution in [2.75, 3.05) is 5.75 Å². The first kappa shape index (κ1) is 11.2. The first-order chi connectivity index (χ1) is 7.75. The third-order valence-corrected chi connectivity index (χ3v) is 3.24. The molecule has 2 aromatic rings. The molecule has 0 unspecified atom stereocenters. The molecule has 0 aliphatic rings. The monoisotopic (exact) mass is 234 g/mol. The lowest BCUT2D eigenvalue weighted by molar-refractivity contribution is -0.117. The molecule has 4 heteroatoms. The van der Waals surface area contributed by atoms with E-state index < -0.39 is 0 Å². The average Bonchev–Trinajstić information content (AvgIpc) is 2.66. The standard InChI is InChI=1S/C12H14N2OS/c1-9(15)5-4-8-16-12-13-10-6-2-3-7-11(10)14-12/h2-3,6-7H,4-5,8H2,1H3,(H,13,14). The van der Waals surface area contributed by atoms with Crippen LogP contribution in [0.1, 0.15) is 19.8 Å². The number of thioether (sulfide) groups is 1. The molecule has 2 rings (SSSR count). The van der Waals surface area contributed by atoms with Gasteiger partial charge in [0.1, 0.15) is 5.78 Å². The van der Waals surface area contributed by atoms with Crippen LogP contribution in [0.5, 0.6) is 0 Å². The van der Waals surface area contributed by atoms with Gasteiger partial charge in [0.15, 0.2) is 5.16 Å². The highest BCUT2D eigenvalue weighted by Gasteiger charge is 2.02. The van der Waals surface area contributed by atoms with Gasteiger partial charge in [0.05, 0.1) is 11.0 Å². The summed E-state index contributed by atoms with van der Waals surface area (Å²) in [6, 6.07) is 7.98. The van der Waals surface area contributed by atoms with E-state index in [1.165, 1.54) is 0 Å². The van der Waals surface area contributed by atoms with Crippen molar-refractivity contribution in [1.82, 2.24) is 9.97 Å². The quantitative estimate of drug-likeness (QED) is 0.639. The highest BCUT2D eigenvalue weighted by molar-refractivity contribution is 7.99. The summed E-state index contributed by atoms with van der Waals surface area (Å²) in [6.45, 7) is 1.63. The van der Waals surface area contributed by atoms with Crippen LogP contribution in [0, 0.1) is 0 Å². The maximum Gasteiger partial charge on any atom is 0.166 e. The first-order valence-electron chi connectivity index (χ1n) is 5.33. The number of aromatic nitrogens is 2. The lowest BCUT2D eigenvalue weighted by atomic mass is 10.3. The zero-order chi connectivity index (χ0) is 11.4. The fourth-order valence-electron chi connectivity index (χ4n) is 1.49. The minimum Gasteiger partial charge on any atom is -0.333 e. The maximum atomic E-state index is 10.8. The summed E-state index contributed by atoms with van der Waals surface area (Å²) in [4.78, 5) is 18.5. The summed E-state index contributed by atoms with van der Waals surface area (Å²) in [5, 5.41) is 0.935. The van der Waals surface area contributed by atoms with Gasteiger partial charge in [0.25, 0.3) is 0 Å². The molecule has 1 heterocycles. The molecule has 0 aliphatic heterocycles. The van der Waals surface area contributed by atoms with Crippen LogP contribution in [0.15, 0.2) is 29.4 Å². The fraction of sp³-hybridized carbons (Fsp3) is 0.333. The van der Waals surface area contributed by atoms with Crippen LogP contribution in [-0.2, 0) is 4.79 Å². The van der Waals surface area contributed by atoms with Crippen LogP contribution in [0.4, 0.5) is 0 Å². The second-order valence-electron chi connectivity index (χ2n) is 3.71. The van der Waals surface area contributed by atoms with Crippen molar-refractivity contribution in [1.29, 1.82) is 0 Å². The molecule has 0 atom stereocenters. The van der Waals surface area contributed by atoms with E-state index in [-0.39, 0.29) is 5.78 Å². The van der Waals surface area contributed by atoms with Crippen LogP contribution in [0.3, 0.4) is 0 Å². The van der Waals surface area contributed by atoms with Crippen LogP contribution < -0.4 is 0 Å². The Morgan fingerprint density at radius 1 is 1.44 bits per heavy atom. The van der Waals surface area contributed by atoms with Gasteiger partial charge in [-0.15, -0.1) is 0 Å². The average molecular weight is 234 g/mol. The third-order valence-electron chi connectivity index (χ3n) is 2.28. The molecule has 16 heavy (non-hydrogen) atoms. The lowest BCUT2D eigenvalue weighted by Gasteiger charge is -1.95. The second kappa shape index (κ2) is 5.16. The van der Waals surface area contributed by atoms with E-state index in [9.17, 15) is 4.79 Å². The number of aromatic amines is 1. The number of ketones is 1. The molecular weight excluding hydrogens is 220 g/mol. The molecule has 0 amide bonds. The number of Topliss-reactive ketones (excluding diaryl/α,β-unsaturated/α-hetero) is 1. The van der Waals surface area contributed by atoms with Crippen molar-refractivity contribution in [3.05, 3.63) is 24.3 Å². The van der Waals surface area contributed by atoms with E-state index in [1.807, 2.05) is 24.3 Å². The highest BCUT2D eigenvalue weighted by Crippen LogP contribution is 2.19. The molecule has 0 saturated carbocycles. The van der Waals surface area contributed by atoms with Gasteiger partial charge >= 0.3 is 0 Å². The Labute approximate surface area is 98.7 Å². The van der Waals surface area contributed by atoms with Crippen molar-refractivity contribution in [2.24, 2.45) is 0 Å². The van der Waals surface area contributed by atoms with E-state index in [0.29, 0.717) is 6.42 Å². The number of rotatable bonds is 5. The van der Waals surface area contributed by atoms with E-state index in [0.717, 1.165) is 28.4 Å². The summed E-state index contributed by atoms with van der Waals surface area (Å²) in [5.74, 6) is 1.18. The molecule has 1 aromatic heterocycles. The minimum absolute atomic E-state index is 0.255. The Kier molecular flexibility index (Phi) is 3.62. The van der Waals surface area contributed by atoms with Crippen LogP contribution in [0.25, 0.3) is 11.0 Å². The van der Waals surface area contributed by atoms with E-state index in [2.05, 4.69) is 9.97 Å². The number of benzene rings is 1. The number of fused-ring (bicyclic) bond motifs is 1. The van der Waals surface area contributed by atoms with Gasteiger partial charge in [-0.2, -0.15) is 0 Å². The number of hydrogen-bond donors (Lipinski definition) is 1. The summed E-state index contributed by atoms with van der Waals surface area (Å²) in [5.41, 5.74) is 2.06. The molecule has 1 aromatic carbocycles. The molecule has 0 aliphatic carbocycles. The summed E-state index contributed by atoms with van der Waals surface area (Å²) >= 11 is 1.67. The molecular formula is C12H14N2OS. The van der Waals surface area contributed by atoms with E-state index in [1.54, 1.807) is 18.7 Å². The van der Waals surface area contributed by atoms with Crippen molar-refractivity contribution in [3.8, 4) is 0 Å². The number of carbonyl (C=O) groups is 1. The van der Waals surface area contributed by atoms with Gasteiger partial charge in [0.2, 0.25) is 0 Å². The number of imidazole rings is 1. The Morgan fingerprint density at radius 3 is 3.00 bits per heavy atom. The van der Waals surface area contributed by atoms with E-state index >= 15 is 0 Å². The van der Waals surface area contributed by atoms with E-state index in [4.69, 9.17) is 0 Å². The first-order valence-corrected chi connectivity index (χ1v) is 6.31. The summed E-state index contributed by atoms with van der Waals surface area (Å²) in [6.07, 6.45) is 1.57. The molecule has 1 N–H and O–H groups in total.